The van der Waals surface area contributed by atoms with Crippen molar-refractivity contribution < 1.29 is 10.0 Å². The summed E-state index contributed by atoms with van der Waals surface area (Å²) >= 11 is 0. The highest BCUT2D eigenvalue weighted by Crippen LogP contribution is 2.18. The number of hydrogen-bond donors (Lipinski definition) is 1. The van der Waals surface area contributed by atoms with Crippen molar-refractivity contribution in [3.63, 3.8) is 0 Å². The van der Waals surface area contributed by atoms with Crippen LogP contribution in [0.3, 0.4) is 0 Å². The lowest BCUT2D eigenvalue weighted by molar-refractivity contribution is -0.132. The summed E-state index contributed by atoms with van der Waals surface area (Å²) < 4.78 is 0. The Balaban J connectivity index is 2.29. The number of nitrogens with zero attached hydrogens (tertiary/aromatic N) is 2. The molecule has 1 heterocycles. The first-order chi connectivity index (χ1) is 9.22. The summed E-state index contributed by atoms with van der Waals surface area (Å²) in [6, 6.07) is 0. The summed E-state index contributed by atoms with van der Waals surface area (Å²) in [5.41, 5.74) is 0.856. The van der Waals surface area contributed by atoms with E-state index in [1.54, 1.807) is 0 Å². The third kappa shape index (κ3) is 5.21. The molecule has 110 valence electrons. The molecule has 0 aromatic carbocycles. The van der Waals surface area contributed by atoms with Gasteiger partial charge in [0, 0.05) is 31.8 Å². The highest BCUT2D eigenvalue weighted by atomic mass is 16.4. The lowest BCUT2D eigenvalue weighted by Gasteiger charge is -2.33. The minimum Gasteiger partial charge on any atom is -0.411 e. The van der Waals surface area contributed by atoms with Gasteiger partial charge in [0.1, 0.15) is 0 Å². The molecule has 1 unspecified atom stereocenters. The Morgan fingerprint density at radius 3 is 2.68 bits per heavy atom. The van der Waals surface area contributed by atoms with Gasteiger partial charge in [-0.05, 0) is 12.8 Å². The summed E-state index contributed by atoms with van der Waals surface area (Å²) in [5, 5.41) is 12.3. The van der Waals surface area contributed by atoms with E-state index < -0.39 is 0 Å². The first-order valence-electron chi connectivity index (χ1n) is 7.71. The molecule has 0 aromatic heterocycles. The third-order valence-electron chi connectivity index (χ3n) is 4.02. The average Bonchev–Trinajstić information content (AvgIpc) is 2.46. The van der Waals surface area contributed by atoms with Crippen molar-refractivity contribution in [3.05, 3.63) is 0 Å². The first-order valence-corrected chi connectivity index (χ1v) is 7.71. The van der Waals surface area contributed by atoms with Gasteiger partial charge in [-0.2, -0.15) is 0 Å². The molecule has 1 amide bonds. The van der Waals surface area contributed by atoms with Crippen molar-refractivity contribution in [2.24, 2.45) is 11.1 Å². The molecule has 0 spiro atoms. The Morgan fingerprint density at radius 2 is 2.05 bits per heavy atom. The van der Waals surface area contributed by atoms with E-state index in [0.29, 0.717) is 13.0 Å². The molecule has 0 saturated carbocycles. The van der Waals surface area contributed by atoms with Crippen molar-refractivity contribution >= 4 is 11.6 Å². The summed E-state index contributed by atoms with van der Waals surface area (Å²) in [6.45, 7) is 5.71. The highest BCUT2D eigenvalue weighted by Gasteiger charge is 2.27. The molecule has 4 heteroatoms. The van der Waals surface area contributed by atoms with Crippen LogP contribution in [0.2, 0.25) is 0 Å². The van der Waals surface area contributed by atoms with Gasteiger partial charge in [0.2, 0.25) is 5.91 Å². The quantitative estimate of drug-likeness (QED) is 0.437. The van der Waals surface area contributed by atoms with Gasteiger partial charge in [-0.25, -0.2) is 0 Å². The number of likely N-dealkylation sites (tertiary alicyclic amines) is 1. The van der Waals surface area contributed by atoms with Crippen LogP contribution in [0, 0.1) is 5.92 Å². The smallest absolute Gasteiger partial charge is 0.222 e. The molecule has 1 aliphatic heterocycles. The minimum absolute atomic E-state index is 0.239. The SMILES string of the molecule is CCCCCCCC(=O)N1CCC(=NO)C(CC)C1. The second-order valence-corrected chi connectivity index (χ2v) is 5.45. The molecule has 0 aromatic rings. The molecule has 1 rings (SSSR count). The zero-order valence-electron chi connectivity index (χ0n) is 12.4. The number of unbranched alkanes of at least 4 members (excludes halogenated alkanes) is 4. The first kappa shape index (κ1) is 16.0. The van der Waals surface area contributed by atoms with E-state index in [4.69, 9.17) is 5.21 Å². The van der Waals surface area contributed by atoms with Gasteiger partial charge in [-0.3, -0.25) is 4.79 Å². The average molecular weight is 268 g/mol. The van der Waals surface area contributed by atoms with Gasteiger partial charge in [-0.15, -0.1) is 0 Å². The molecule has 1 aliphatic rings. The van der Waals surface area contributed by atoms with Crippen LogP contribution in [0.4, 0.5) is 0 Å². The maximum atomic E-state index is 12.1. The number of oxime groups is 1. The highest BCUT2D eigenvalue weighted by molar-refractivity contribution is 5.89. The van der Waals surface area contributed by atoms with Crippen LogP contribution >= 0.6 is 0 Å². The largest absolute Gasteiger partial charge is 0.411 e. The topological polar surface area (TPSA) is 52.9 Å². The molecule has 1 fully saturated rings. The fourth-order valence-corrected chi connectivity index (χ4v) is 2.68. The molecular weight excluding hydrogens is 240 g/mol. The summed E-state index contributed by atoms with van der Waals surface area (Å²) in [5.74, 6) is 0.509. The van der Waals surface area contributed by atoms with Gasteiger partial charge in [0.15, 0.2) is 0 Å². The number of carbonyl (C=O) groups is 1. The van der Waals surface area contributed by atoms with Crippen LogP contribution in [-0.4, -0.2) is 34.8 Å². The van der Waals surface area contributed by atoms with Crippen molar-refractivity contribution in [3.8, 4) is 0 Å². The molecule has 0 bridgehead atoms. The van der Waals surface area contributed by atoms with Crippen molar-refractivity contribution in [1.82, 2.24) is 4.90 Å². The summed E-state index contributed by atoms with van der Waals surface area (Å²) in [7, 11) is 0. The van der Waals surface area contributed by atoms with E-state index in [9.17, 15) is 4.79 Å². The third-order valence-corrected chi connectivity index (χ3v) is 4.02. The molecule has 1 saturated heterocycles. The number of piperidine rings is 1. The maximum absolute atomic E-state index is 12.1. The standard InChI is InChI=1S/C15H28N2O2/c1-3-5-6-7-8-9-15(18)17-11-10-14(16-19)13(4-2)12-17/h13,19H,3-12H2,1-2H3. The van der Waals surface area contributed by atoms with Crippen LogP contribution < -0.4 is 0 Å². The molecule has 0 radical (unpaired) electrons. The van der Waals surface area contributed by atoms with E-state index in [0.717, 1.165) is 37.9 Å². The molecule has 1 N–H and O–H groups in total. The van der Waals surface area contributed by atoms with Gasteiger partial charge in [0.05, 0.1) is 5.71 Å². The van der Waals surface area contributed by atoms with Crippen LogP contribution in [0.5, 0.6) is 0 Å². The van der Waals surface area contributed by atoms with Gasteiger partial charge in [0.25, 0.3) is 0 Å². The normalized spacial score (nSPS) is 21.9. The van der Waals surface area contributed by atoms with Crippen molar-refractivity contribution in [2.75, 3.05) is 13.1 Å². The Labute approximate surface area is 116 Å². The Bertz CT molecular complexity index is 303. The fraction of sp³-hybridized carbons (Fsp3) is 0.867. The number of carbonyl (C=O) groups excluding carboxylic acids is 1. The van der Waals surface area contributed by atoms with E-state index in [1.165, 1.54) is 19.3 Å². The van der Waals surface area contributed by atoms with E-state index in [1.807, 2.05) is 4.90 Å². The van der Waals surface area contributed by atoms with Crippen LogP contribution in [0.1, 0.15) is 65.2 Å². The fourth-order valence-electron chi connectivity index (χ4n) is 2.68. The lowest BCUT2D eigenvalue weighted by atomic mass is 9.93. The molecule has 1 atom stereocenters. The number of rotatable bonds is 7. The Hall–Kier alpha value is -1.06. The summed E-state index contributed by atoms with van der Waals surface area (Å²) in [6.07, 6.45) is 8.24. The van der Waals surface area contributed by atoms with Gasteiger partial charge in [-0.1, -0.05) is 44.7 Å². The Kier molecular flexibility index (Phi) is 7.53. The second-order valence-electron chi connectivity index (χ2n) is 5.45. The zero-order chi connectivity index (χ0) is 14.1. The monoisotopic (exact) mass is 268 g/mol. The van der Waals surface area contributed by atoms with Crippen LogP contribution in [0.15, 0.2) is 5.16 Å². The zero-order valence-corrected chi connectivity index (χ0v) is 12.4. The minimum atomic E-state index is 0.239. The van der Waals surface area contributed by atoms with E-state index in [2.05, 4.69) is 19.0 Å². The van der Waals surface area contributed by atoms with Gasteiger partial charge >= 0.3 is 0 Å². The Morgan fingerprint density at radius 1 is 1.32 bits per heavy atom. The van der Waals surface area contributed by atoms with E-state index in [-0.39, 0.29) is 11.8 Å². The molecule has 4 nitrogen and oxygen atoms in total. The molecule has 0 aliphatic carbocycles. The lowest BCUT2D eigenvalue weighted by Crippen LogP contribution is -2.43. The van der Waals surface area contributed by atoms with Gasteiger partial charge < -0.3 is 10.1 Å². The molecule has 19 heavy (non-hydrogen) atoms. The van der Waals surface area contributed by atoms with E-state index >= 15 is 0 Å². The van der Waals surface area contributed by atoms with Crippen LogP contribution in [0.25, 0.3) is 0 Å². The number of hydrogen-bond acceptors (Lipinski definition) is 3. The van der Waals surface area contributed by atoms with Crippen LogP contribution in [-0.2, 0) is 4.79 Å². The maximum Gasteiger partial charge on any atom is 0.222 e. The number of amides is 1. The molecular formula is C15H28N2O2. The second kappa shape index (κ2) is 8.94. The summed E-state index contributed by atoms with van der Waals surface area (Å²) in [4.78, 5) is 14.1. The predicted octanol–water partition coefficient (Wildman–Crippen LogP) is 3.44. The van der Waals surface area contributed by atoms with Crippen molar-refractivity contribution in [1.29, 1.82) is 0 Å². The van der Waals surface area contributed by atoms with Crippen molar-refractivity contribution in [2.45, 2.75) is 65.2 Å². The predicted molar refractivity (Wildman–Crippen MR) is 77.6 cm³/mol.